The number of aromatic nitrogens is 3. The molecule has 0 aliphatic heterocycles. The molecule has 11 nitrogen and oxygen atoms in total. The second kappa shape index (κ2) is 11.7. The quantitative estimate of drug-likeness (QED) is 0.171. The second-order valence-electron chi connectivity index (χ2n) is 7.79. The Balaban J connectivity index is 1.96. The fraction of sp³-hybridized carbons (Fsp3) is 0.154. The summed E-state index contributed by atoms with van der Waals surface area (Å²) in [6.45, 7) is 3.11. The Hall–Kier alpha value is -4.55. The molecule has 2 heterocycles. The number of aryl methyl sites for hydroxylation is 1. The third-order valence-electron chi connectivity index (χ3n) is 5.09. The first-order chi connectivity index (χ1) is 18.3. The lowest BCUT2D eigenvalue weighted by atomic mass is 10.2. The molecule has 0 saturated carbocycles. The number of carbonyl (C=O) groups excluding carboxylic acids is 1. The van der Waals surface area contributed by atoms with Crippen LogP contribution in [0.25, 0.3) is 11.4 Å². The average Bonchev–Trinajstić information content (AvgIpc) is 2.90. The summed E-state index contributed by atoms with van der Waals surface area (Å²) in [5.74, 6) is 0.256. The Morgan fingerprint density at radius 2 is 1.74 bits per heavy atom. The number of pyridine rings is 1. The van der Waals surface area contributed by atoms with Crippen LogP contribution in [0.3, 0.4) is 0 Å². The fourth-order valence-electron chi connectivity index (χ4n) is 3.43. The van der Waals surface area contributed by atoms with Gasteiger partial charge in [0.25, 0.3) is 5.88 Å². The first-order valence-electron chi connectivity index (χ1n) is 11.2. The predicted molar refractivity (Wildman–Crippen MR) is 138 cm³/mol. The van der Waals surface area contributed by atoms with Gasteiger partial charge in [0.2, 0.25) is 5.75 Å². The molecule has 4 aromatic rings. The summed E-state index contributed by atoms with van der Waals surface area (Å²) in [5, 5.41) is 0. The van der Waals surface area contributed by atoms with E-state index in [4.69, 9.17) is 18.9 Å². The minimum absolute atomic E-state index is 0.0589. The molecule has 0 aliphatic carbocycles. The van der Waals surface area contributed by atoms with Crippen molar-refractivity contribution in [2.75, 3.05) is 18.5 Å². The van der Waals surface area contributed by atoms with Crippen molar-refractivity contribution in [3.63, 3.8) is 0 Å². The van der Waals surface area contributed by atoms with Crippen molar-refractivity contribution in [1.29, 1.82) is 0 Å². The van der Waals surface area contributed by atoms with Gasteiger partial charge in [0.05, 0.1) is 25.5 Å². The largest absolute Gasteiger partial charge is 0.755 e. The topological polar surface area (TPSA) is 136 Å². The van der Waals surface area contributed by atoms with Gasteiger partial charge in [0, 0.05) is 18.7 Å². The van der Waals surface area contributed by atoms with Gasteiger partial charge >= 0.3 is 5.97 Å². The monoisotopic (exact) mass is 535 g/mol. The van der Waals surface area contributed by atoms with Crippen molar-refractivity contribution >= 4 is 28.9 Å². The summed E-state index contributed by atoms with van der Waals surface area (Å²) in [4.78, 5) is 24.7. The lowest BCUT2D eigenvalue weighted by Crippen LogP contribution is -2.23. The van der Waals surface area contributed by atoms with E-state index < -0.39 is 17.2 Å². The molecule has 2 aromatic carbocycles. The number of benzene rings is 2. The summed E-state index contributed by atoms with van der Waals surface area (Å²) in [7, 11) is 2.84. The molecule has 0 spiro atoms. The van der Waals surface area contributed by atoms with Crippen LogP contribution in [-0.2, 0) is 16.1 Å². The van der Waals surface area contributed by atoms with Crippen LogP contribution >= 0.6 is 0 Å². The molecule has 0 N–H and O–H groups in total. The zero-order valence-corrected chi connectivity index (χ0v) is 21.7. The summed E-state index contributed by atoms with van der Waals surface area (Å²) in [5.41, 5.74) is 1.26. The number of rotatable bonds is 9. The van der Waals surface area contributed by atoms with Crippen LogP contribution in [0.1, 0.15) is 12.5 Å². The third-order valence-corrected chi connectivity index (χ3v) is 5.75. The first kappa shape index (κ1) is 26.5. The number of nitrogens with zero attached hydrogens (tertiary/aromatic N) is 4. The van der Waals surface area contributed by atoms with Crippen molar-refractivity contribution in [2.45, 2.75) is 13.8 Å². The van der Waals surface area contributed by atoms with E-state index in [0.29, 0.717) is 11.3 Å². The standard InChI is InChI=1S/C26H24N4O7S/c1-16-12-13-22(27-15-16)30(38(32)33)25-23(37-21-11-6-5-10-20(21)34-3)26(35-4)29-24(28-25)18-8-7-9-19(14-18)36-17(2)31/h5-15H,1-4H3,(H,32,33)/p-1. The number of methoxy groups -OCH3 is 2. The molecule has 12 heteroatoms. The van der Waals surface area contributed by atoms with Gasteiger partial charge in [-0.25, -0.2) is 14.3 Å². The maximum Gasteiger partial charge on any atom is 0.308 e. The zero-order valence-electron chi connectivity index (χ0n) is 20.9. The number of para-hydroxylation sites is 2. The first-order valence-corrected chi connectivity index (χ1v) is 12.2. The van der Waals surface area contributed by atoms with E-state index in [1.54, 1.807) is 54.6 Å². The SMILES string of the molecule is COc1ccccc1Oc1c(OC)nc(-c2cccc(OC(C)=O)c2)nc1N(c1ccc(C)cn1)S(=O)[O-]. The van der Waals surface area contributed by atoms with Gasteiger partial charge in [-0.1, -0.05) is 30.3 Å². The normalized spacial score (nSPS) is 11.4. The van der Waals surface area contributed by atoms with Crippen LogP contribution in [0.5, 0.6) is 28.9 Å². The van der Waals surface area contributed by atoms with Gasteiger partial charge in [-0.3, -0.25) is 9.00 Å². The molecule has 0 fully saturated rings. The van der Waals surface area contributed by atoms with Crippen molar-refractivity contribution in [2.24, 2.45) is 0 Å². The highest BCUT2D eigenvalue weighted by atomic mass is 32.2. The van der Waals surface area contributed by atoms with Crippen molar-refractivity contribution in [3.05, 3.63) is 72.4 Å². The Morgan fingerprint density at radius 3 is 2.37 bits per heavy atom. The Labute approximate surface area is 221 Å². The Bertz CT molecular complexity index is 1480. The molecular weight excluding hydrogens is 512 g/mol. The van der Waals surface area contributed by atoms with Gasteiger partial charge in [-0.05, 0) is 42.8 Å². The van der Waals surface area contributed by atoms with E-state index in [0.717, 1.165) is 9.87 Å². The second-order valence-corrected chi connectivity index (χ2v) is 8.59. The number of carbonyl (C=O) groups is 1. The van der Waals surface area contributed by atoms with E-state index in [9.17, 15) is 13.6 Å². The molecule has 0 bridgehead atoms. The number of ether oxygens (including phenoxy) is 4. The minimum Gasteiger partial charge on any atom is -0.755 e. The summed E-state index contributed by atoms with van der Waals surface area (Å²) < 4.78 is 48.2. The molecule has 0 radical (unpaired) electrons. The van der Waals surface area contributed by atoms with E-state index in [1.807, 2.05) is 6.92 Å². The van der Waals surface area contributed by atoms with Crippen LogP contribution in [0.4, 0.5) is 11.6 Å². The Morgan fingerprint density at radius 1 is 0.974 bits per heavy atom. The Kier molecular flexibility index (Phi) is 8.14. The highest BCUT2D eigenvalue weighted by Crippen LogP contribution is 2.44. The summed E-state index contributed by atoms with van der Waals surface area (Å²) in [6.07, 6.45) is 1.53. The molecule has 38 heavy (non-hydrogen) atoms. The van der Waals surface area contributed by atoms with Gasteiger partial charge in [0.15, 0.2) is 23.1 Å². The minimum atomic E-state index is -2.88. The number of hydrogen-bond donors (Lipinski definition) is 0. The van der Waals surface area contributed by atoms with E-state index in [-0.39, 0.29) is 40.6 Å². The fourth-order valence-corrected chi connectivity index (χ4v) is 3.95. The highest BCUT2D eigenvalue weighted by Gasteiger charge is 2.27. The predicted octanol–water partition coefficient (Wildman–Crippen LogP) is 4.51. The van der Waals surface area contributed by atoms with Crippen LogP contribution in [0.2, 0.25) is 0 Å². The van der Waals surface area contributed by atoms with Gasteiger partial charge in [-0.15, -0.1) is 0 Å². The maximum atomic E-state index is 12.6. The van der Waals surface area contributed by atoms with Gasteiger partial charge in [-0.2, -0.15) is 4.98 Å². The van der Waals surface area contributed by atoms with E-state index >= 15 is 0 Å². The lowest BCUT2D eigenvalue weighted by Gasteiger charge is -2.27. The van der Waals surface area contributed by atoms with Crippen LogP contribution in [0, 0.1) is 6.92 Å². The summed E-state index contributed by atoms with van der Waals surface area (Å²) in [6, 6.07) is 16.5. The molecule has 0 saturated heterocycles. The number of esters is 1. The van der Waals surface area contributed by atoms with Crippen LogP contribution in [-0.4, -0.2) is 43.9 Å². The van der Waals surface area contributed by atoms with Gasteiger partial charge < -0.3 is 23.5 Å². The van der Waals surface area contributed by atoms with E-state index in [1.165, 1.54) is 33.4 Å². The molecule has 196 valence electrons. The molecule has 4 rings (SSSR count). The van der Waals surface area contributed by atoms with E-state index in [2.05, 4.69) is 15.0 Å². The number of hydrogen-bond acceptors (Lipinski definition) is 10. The molecule has 0 amide bonds. The van der Waals surface area contributed by atoms with Gasteiger partial charge in [0.1, 0.15) is 11.6 Å². The maximum absolute atomic E-state index is 12.6. The zero-order chi connectivity index (χ0) is 27.2. The molecule has 1 unspecified atom stereocenters. The smallest absolute Gasteiger partial charge is 0.308 e. The molecular formula is C26H23N4O7S-. The number of anilines is 2. The van der Waals surface area contributed by atoms with Crippen molar-refractivity contribution < 1.29 is 32.5 Å². The molecule has 0 aliphatic rings. The third kappa shape index (κ3) is 5.88. The van der Waals surface area contributed by atoms with Crippen molar-refractivity contribution in [1.82, 2.24) is 15.0 Å². The molecule has 1 atom stereocenters. The summed E-state index contributed by atoms with van der Waals surface area (Å²) >= 11 is -2.88. The lowest BCUT2D eigenvalue weighted by molar-refractivity contribution is -0.131. The van der Waals surface area contributed by atoms with Crippen molar-refractivity contribution in [3.8, 4) is 40.3 Å². The van der Waals surface area contributed by atoms with Crippen LogP contribution in [0.15, 0.2) is 66.9 Å². The van der Waals surface area contributed by atoms with Crippen LogP contribution < -0.4 is 23.3 Å². The molecule has 2 aromatic heterocycles. The highest BCUT2D eigenvalue weighted by molar-refractivity contribution is 7.81. The average molecular weight is 536 g/mol.